The van der Waals surface area contributed by atoms with Gasteiger partial charge in [-0.05, 0) is 37.3 Å². The third-order valence-electron chi connectivity index (χ3n) is 4.32. The Balaban J connectivity index is 1.97. The van der Waals surface area contributed by atoms with Crippen molar-refractivity contribution in [2.75, 3.05) is 21.5 Å². The summed E-state index contributed by atoms with van der Waals surface area (Å²) in [4.78, 5) is 26.8. The number of benzene rings is 2. The Labute approximate surface area is 153 Å². The SMILES string of the molecule is CCN(C(=O)c1cccc(N2C(=O)[C@@H](C)CS2(=O)=O)c1)c1ccccc1. The molecule has 6 nitrogen and oxygen atoms in total. The van der Waals surface area contributed by atoms with E-state index in [-0.39, 0.29) is 17.3 Å². The van der Waals surface area contributed by atoms with E-state index < -0.39 is 21.8 Å². The minimum absolute atomic E-state index is 0.203. The Morgan fingerprint density at radius 3 is 2.42 bits per heavy atom. The first-order chi connectivity index (χ1) is 12.3. The van der Waals surface area contributed by atoms with Crippen LogP contribution in [0.15, 0.2) is 54.6 Å². The smallest absolute Gasteiger partial charge is 0.258 e. The maximum atomic E-state index is 12.9. The van der Waals surface area contributed by atoms with Crippen LogP contribution < -0.4 is 9.21 Å². The Morgan fingerprint density at radius 1 is 1.15 bits per heavy atom. The third-order valence-corrected chi connectivity index (χ3v) is 6.19. The van der Waals surface area contributed by atoms with Crippen molar-refractivity contribution in [2.45, 2.75) is 13.8 Å². The standard InChI is InChI=1S/C19H20N2O4S/c1-3-20(16-9-5-4-6-10-16)19(23)15-8-7-11-17(12-15)21-18(22)14(2)13-26(21,24)25/h4-12,14H,3,13H2,1-2H3/t14-/m0/s1. The number of hydrogen-bond acceptors (Lipinski definition) is 4. The van der Waals surface area contributed by atoms with E-state index in [4.69, 9.17) is 0 Å². The predicted molar refractivity (Wildman–Crippen MR) is 101 cm³/mol. The van der Waals surface area contributed by atoms with Gasteiger partial charge in [0, 0.05) is 17.8 Å². The fourth-order valence-corrected chi connectivity index (χ4v) is 4.87. The van der Waals surface area contributed by atoms with Gasteiger partial charge in [-0.2, -0.15) is 0 Å². The van der Waals surface area contributed by atoms with Gasteiger partial charge in [0.2, 0.25) is 15.9 Å². The zero-order valence-corrected chi connectivity index (χ0v) is 15.4. The molecule has 2 amide bonds. The molecule has 1 aliphatic heterocycles. The first-order valence-corrected chi connectivity index (χ1v) is 10.00. The molecular weight excluding hydrogens is 352 g/mol. The number of anilines is 2. The molecule has 3 rings (SSSR count). The van der Waals surface area contributed by atoms with Crippen LogP contribution in [-0.4, -0.2) is 32.5 Å². The van der Waals surface area contributed by atoms with E-state index >= 15 is 0 Å². The minimum atomic E-state index is -3.70. The van der Waals surface area contributed by atoms with E-state index in [1.807, 2.05) is 37.3 Å². The summed E-state index contributed by atoms with van der Waals surface area (Å²) in [6.07, 6.45) is 0. The Kier molecular flexibility index (Phi) is 4.82. The molecule has 0 saturated carbocycles. The van der Waals surface area contributed by atoms with Crippen LogP contribution in [0.2, 0.25) is 0 Å². The van der Waals surface area contributed by atoms with Crippen molar-refractivity contribution in [1.82, 2.24) is 0 Å². The second-order valence-corrected chi connectivity index (χ2v) is 8.08. The Hall–Kier alpha value is -2.67. The van der Waals surface area contributed by atoms with Crippen LogP contribution >= 0.6 is 0 Å². The van der Waals surface area contributed by atoms with Crippen LogP contribution in [0.1, 0.15) is 24.2 Å². The molecular formula is C19H20N2O4S. The van der Waals surface area contributed by atoms with Crippen molar-refractivity contribution >= 4 is 33.2 Å². The molecule has 0 spiro atoms. The molecule has 1 fully saturated rings. The lowest BCUT2D eigenvalue weighted by molar-refractivity contribution is -0.119. The molecule has 0 N–H and O–H groups in total. The molecule has 7 heteroatoms. The van der Waals surface area contributed by atoms with E-state index in [0.717, 1.165) is 9.99 Å². The van der Waals surface area contributed by atoms with Gasteiger partial charge in [0.15, 0.2) is 0 Å². The van der Waals surface area contributed by atoms with Crippen LogP contribution in [-0.2, 0) is 14.8 Å². The molecule has 1 atom stereocenters. The van der Waals surface area contributed by atoms with Gasteiger partial charge in [0.1, 0.15) is 0 Å². The highest BCUT2D eigenvalue weighted by Gasteiger charge is 2.42. The molecule has 2 aromatic carbocycles. The molecule has 1 heterocycles. The van der Waals surface area contributed by atoms with Crippen LogP contribution in [0.25, 0.3) is 0 Å². The Bertz CT molecular complexity index is 941. The number of rotatable bonds is 4. The molecule has 0 radical (unpaired) electrons. The summed E-state index contributed by atoms with van der Waals surface area (Å²) in [7, 11) is -3.70. The van der Waals surface area contributed by atoms with Crippen molar-refractivity contribution < 1.29 is 18.0 Å². The second kappa shape index (κ2) is 6.92. The first kappa shape index (κ1) is 18.1. The number of hydrogen-bond donors (Lipinski definition) is 0. The number of para-hydroxylation sites is 1. The molecule has 0 unspecified atom stereocenters. The highest BCUT2D eigenvalue weighted by molar-refractivity contribution is 7.94. The lowest BCUT2D eigenvalue weighted by Crippen LogP contribution is -2.32. The summed E-state index contributed by atoms with van der Waals surface area (Å²) in [6.45, 7) is 3.92. The number of carbonyl (C=O) groups is 2. The fraction of sp³-hybridized carbons (Fsp3) is 0.263. The highest BCUT2D eigenvalue weighted by Crippen LogP contribution is 2.29. The summed E-state index contributed by atoms with van der Waals surface area (Å²) in [6, 6.07) is 15.4. The van der Waals surface area contributed by atoms with Crippen LogP contribution in [0.3, 0.4) is 0 Å². The van der Waals surface area contributed by atoms with Gasteiger partial charge >= 0.3 is 0 Å². The summed E-state index contributed by atoms with van der Waals surface area (Å²) in [5, 5.41) is 0. The number of amides is 2. The van der Waals surface area contributed by atoms with Gasteiger partial charge in [-0.15, -0.1) is 0 Å². The summed E-state index contributed by atoms with van der Waals surface area (Å²) < 4.78 is 25.4. The topological polar surface area (TPSA) is 74.8 Å². The van der Waals surface area contributed by atoms with Crippen molar-refractivity contribution in [3.8, 4) is 0 Å². The van der Waals surface area contributed by atoms with Gasteiger partial charge in [-0.1, -0.05) is 31.2 Å². The maximum Gasteiger partial charge on any atom is 0.258 e. The highest BCUT2D eigenvalue weighted by atomic mass is 32.2. The zero-order chi connectivity index (χ0) is 18.9. The van der Waals surface area contributed by atoms with Crippen LogP contribution in [0.4, 0.5) is 11.4 Å². The van der Waals surface area contributed by atoms with E-state index in [2.05, 4.69) is 0 Å². The third kappa shape index (κ3) is 3.22. The molecule has 0 bridgehead atoms. The van der Waals surface area contributed by atoms with Gasteiger partial charge < -0.3 is 4.90 Å². The first-order valence-electron chi connectivity index (χ1n) is 8.39. The molecule has 26 heavy (non-hydrogen) atoms. The quantitative estimate of drug-likeness (QED) is 0.827. The van der Waals surface area contributed by atoms with Crippen molar-refractivity contribution in [2.24, 2.45) is 5.92 Å². The van der Waals surface area contributed by atoms with Crippen molar-refractivity contribution in [3.05, 3.63) is 60.2 Å². The molecule has 1 aliphatic rings. The van der Waals surface area contributed by atoms with Gasteiger partial charge in [0.25, 0.3) is 5.91 Å². The van der Waals surface area contributed by atoms with Crippen LogP contribution in [0.5, 0.6) is 0 Å². The largest absolute Gasteiger partial charge is 0.309 e. The summed E-state index contributed by atoms with van der Waals surface area (Å²) in [5.41, 5.74) is 1.29. The van der Waals surface area contributed by atoms with E-state index in [1.165, 1.54) is 12.1 Å². The van der Waals surface area contributed by atoms with Gasteiger partial charge in [0.05, 0.1) is 17.4 Å². The van der Waals surface area contributed by atoms with Crippen molar-refractivity contribution in [3.63, 3.8) is 0 Å². The number of carbonyl (C=O) groups excluding carboxylic acids is 2. The normalized spacial score (nSPS) is 18.8. The monoisotopic (exact) mass is 372 g/mol. The molecule has 1 saturated heterocycles. The van der Waals surface area contributed by atoms with Crippen LogP contribution in [0, 0.1) is 5.92 Å². The lowest BCUT2D eigenvalue weighted by Gasteiger charge is -2.22. The zero-order valence-electron chi connectivity index (χ0n) is 14.6. The predicted octanol–water partition coefficient (Wildman–Crippen LogP) is 2.67. The van der Waals surface area contributed by atoms with E-state index in [0.29, 0.717) is 12.1 Å². The number of sulfonamides is 1. The molecule has 0 aromatic heterocycles. The average Bonchev–Trinajstić information content (AvgIpc) is 2.83. The Morgan fingerprint density at radius 2 is 1.85 bits per heavy atom. The molecule has 2 aromatic rings. The number of nitrogens with zero attached hydrogens (tertiary/aromatic N) is 2. The van der Waals surface area contributed by atoms with Gasteiger partial charge in [-0.25, -0.2) is 12.7 Å². The molecule has 136 valence electrons. The summed E-state index contributed by atoms with van der Waals surface area (Å²) >= 11 is 0. The lowest BCUT2D eigenvalue weighted by atomic mass is 10.1. The second-order valence-electron chi connectivity index (χ2n) is 6.22. The van der Waals surface area contributed by atoms with E-state index in [9.17, 15) is 18.0 Å². The fourth-order valence-electron chi connectivity index (χ4n) is 3.06. The average molecular weight is 372 g/mol. The molecule has 0 aliphatic carbocycles. The van der Waals surface area contributed by atoms with E-state index in [1.54, 1.807) is 24.0 Å². The van der Waals surface area contributed by atoms with Gasteiger partial charge in [-0.3, -0.25) is 9.59 Å². The minimum Gasteiger partial charge on any atom is -0.309 e. The summed E-state index contributed by atoms with van der Waals surface area (Å²) in [5.74, 6) is -1.52. The van der Waals surface area contributed by atoms with Crippen molar-refractivity contribution in [1.29, 1.82) is 0 Å². The maximum absolute atomic E-state index is 12.9.